The number of hydrogen-bond acceptors (Lipinski definition) is 5. The van der Waals surface area contributed by atoms with E-state index in [0.717, 1.165) is 30.8 Å². The lowest BCUT2D eigenvalue weighted by atomic mass is 9.53. The first-order valence-electron chi connectivity index (χ1n) is 9.14. The summed E-state index contributed by atoms with van der Waals surface area (Å²) in [6.45, 7) is 3.71. The van der Waals surface area contributed by atoms with Crippen LogP contribution in [0.4, 0.5) is 5.69 Å². The molecular formula is C20H24N2O3. The van der Waals surface area contributed by atoms with Crippen molar-refractivity contribution in [3.05, 3.63) is 41.5 Å². The molecule has 3 unspecified atom stereocenters. The van der Waals surface area contributed by atoms with E-state index in [-0.39, 0.29) is 17.8 Å². The monoisotopic (exact) mass is 340 g/mol. The van der Waals surface area contributed by atoms with Crippen molar-refractivity contribution >= 4 is 11.7 Å². The van der Waals surface area contributed by atoms with Crippen molar-refractivity contribution in [3.8, 4) is 0 Å². The van der Waals surface area contributed by atoms with Crippen LogP contribution in [-0.2, 0) is 14.9 Å². The smallest absolute Gasteiger partial charge is 0.310 e. The molecule has 1 aromatic rings. The Bertz CT molecular complexity index is 791. The number of carbonyl (C=O) groups is 1. The van der Waals surface area contributed by atoms with Crippen LogP contribution >= 0.6 is 0 Å². The molecule has 6 atom stereocenters. The number of esters is 1. The summed E-state index contributed by atoms with van der Waals surface area (Å²) in [5.74, 6) is -0.391. The highest BCUT2D eigenvalue weighted by Gasteiger charge is 2.76. The van der Waals surface area contributed by atoms with Crippen LogP contribution in [0.3, 0.4) is 0 Å². The van der Waals surface area contributed by atoms with Crippen LogP contribution in [0.15, 0.2) is 35.9 Å². The van der Waals surface area contributed by atoms with E-state index >= 15 is 0 Å². The maximum Gasteiger partial charge on any atom is 0.310 e. The van der Waals surface area contributed by atoms with E-state index in [0.29, 0.717) is 6.42 Å². The molecule has 1 spiro atoms. The highest BCUT2D eigenvalue weighted by molar-refractivity contribution is 5.81. The number of hydrogen-bond donors (Lipinski definition) is 2. The summed E-state index contributed by atoms with van der Waals surface area (Å²) in [6.07, 6.45) is 3.07. The minimum Gasteiger partial charge on any atom is -0.469 e. The number of nitrogens with zero attached hydrogens (tertiary/aromatic N) is 1. The molecule has 132 valence electrons. The molecule has 1 aliphatic carbocycles. The number of nitrogens with one attached hydrogen (secondary N) is 1. The second-order valence-electron chi connectivity index (χ2n) is 7.80. The number of fused-ring (bicyclic) bond motifs is 3. The molecule has 2 N–H and O–H groups in total. The molecule has 1 aromatic carbocycles. The molecule has 4 bridgehead atoms. The fourth-order valence-corrected chi connectivity index (χ4v) is 6.42. The molecule has 0 amide bonds. The van der Waals surface area contributed by atoms with Gasteiger partial charge in [-0.2, -0.15) is 0 Å². The number of para-hydroxylation sites is 1. The van der Waals surface area contributed by atoms with Gasteiger partial charge >= 0.3 is 5.97 Å². The second kappa shape index (κ2) is 4.86. The van der Waals surface area contributed by atoms with Gasteiger partial charge in [0.25, 0.3) is 0 Å². The molecule has 4 heterocycles. The second-order valence-corrected chi connectivity index (χ2v) is 7.80. The van der Waals surface area contributed by atoms with Crippen LogP contribution in [0.2, 0.25) is 0 Å². The van der Waals surface area contributed by atoms with Gasteiger partial charge in [-0.3, -0.25) is 9.69 Å². The van der Waals surface area contributed by atoms with E-state index in [1.54, 1.807) is 0 Å². The third kappa shape index (κ3) is 1.51. The van der Waals surface area contributed by atoms with Gasteiger partial charge in [-0.15, -0.1) is 0 Å². The first-order valence-corrected chi connectivity index (χ1v) is 9.14. The van der Waals surface area contributed by atoms with Gasteiger partial charge in [0.05, 0.1) is 24.5 Å². The van der Waals surface area contributed by atoms with Gasteiger partial charge in [-0.05, 0) is 37.3 Å². The molecule has 5 nitrogen and oxygen atoms in total. The summed E-state index contributed by atoms with van der Waals surface area (Å²) >= 11 is 0. The van der Waals surface area contributed by atoms with Crippen LogP contribution < -0.4 is 5.32 Å². The molecule has 0 radical (unpaired) electrons. The third-order valence-electron chi connectivity index (χ3n) is 7.26. The topological polar surface area (TPSA) is 61.8 Å². The number of rotatable bonds is 1. The largest absolute Gasteiger partial charge is 0.469 e. The maximum atomic E-state index is 13.0. The minimum absolute atomic E-state index is 0.0267. The first-order chi connectivity index (χ1) is 12.1. The Morgan fingerprint density at radius 3 is 3.00 bits per heavy atom. The Kier molecular flexibility index (Phi) is 3.00. The average molecular weight is 340 g/mol. The van der Waals surface area contributed by atoms with Crippen molar-refractivity contribution in [3.63, 3.8) is 0 Å². The molecule has 4 aliphatic heterocycles. The van der Waals surface area contributed by atoms with Gasteiger partial charge in [0.2, 0.25) is 0 Å². The zero-order valence-electron chi connectivity index (χ0n) is 14.7. The van der Waals surface area contributed by atoms with E-state index in [2.05, 4.69) is 28.4 Å². The highest BCUT2D eigenvalue weighted by atomic mass is 16.5. The van der Waals surface area contributed by atoms with Gasteiger partial charge in [0.15, 0.2) is 0 Å². The van der Waals surface area contributed by atoms with Crippen LogP contribution in [0, 0.1) is 11.8 Å². The van der Waals surface area contributed by atoms with Crippen molar-refractivity contribution in [2.45, 2.75) is 36.9 Å². The molecule has 25 heavy (non-hydrogen) atoms. The van der Waals surface area contributed by atoms with Gasteiger partial charge in [-0.25, -0.2) is 0 Å². The molecule has 0 aromatic heterocycles. The van der Waals surface area contributed by atoms with Gasteiger partial charge < -0.3 is 15.2 Å². The Morgan fingerprint density at radius 1 is 1.44 bits per heavy atom. The quantitative estimate of drug-likeness (QED) is 0.604. The van der Waals surface area contributed by atoms with Crippen molar-refractivity contribution in [1.29, 1.82) is 0 Å². The van der Waals surface area contributed by atoms with Gasteiger partial charge in [0.1, 0.15) is 5.66 Å². The molecule has 4 fully saturated rings. The van der Waals surface area contributed by atoms with Gasteiger partial charge in [-0.1, -0.05) is 29.8 Å². The Hall–Kier alpha value is -1.85. The standard InChI is InChI=1S/C20H24N2O3/c1-3-12-11-22-9-8-19-14-6-4-5-7-15(14)21-20(19,22)16(23)10-13(12)17(19)18(24)25-2/h3-7,13,16-17,21,23H,8-11H2,1-2H3/b12-3-/t13-,16-,17?,19?,20+/m1/s1. The third-order valence-corrected chi connectivity index (χ3v) is 7.26. The Morgan fingerprint density at radius 2 is 2.24 bits per heavy atom. The van der Waals surface area contributed by atoms with E-state index in [9.17, 15) is 9.90 Å². The number of methoxy groups -OCH3 is 1. The zero-order valence-corrected chi connectivity index (χ0v) is 14.7. The van der Waals surface area contributed by atoms with Crippen LogP contribution in [0.25, 0.3) is 0 Å². The number of ether oxygens (including phenoxy) is 1. The first kappa shape index (κ1) is 15.4. The maximum absolute atomic E-state index is 13.0. The number of anilines is 1. The lowest BCUT2D eigenvalue weighted by molar-refractivity contribution is -0.158. The predicted molar refractivity (Wildman–Crippen MR) is 94.0 cm³/mol. The number of aliphatic hydroxyl groups excluding tert-OH is 1. The molecular weight excluding hydrogens is 316 g/mol. The lowest BCUT2D eigenvalue weighted by Crippen LogP contribution is -2.70. The predicted octanol–water partition coefficient (Wildman–Crippen LogP) is 1.88. The Balaban J connectivity index is 1.85. The summed E-state index contributed by atoms with van der Waals surface area (Å²) in [6, 6.07) is 8.23. The van der Waals surface area contributed by atoms with E-state index in [1.807, 2.05) is 19.1 Å². The fourth-order valence-electron chi connectivity index (χ4n) is 6.42. The molecule has 1 saturated carbocycles. The summed E-state index contributed by atoms with van der Waals surface area (Å²) < 4.78 is 5.30. The minimum atomic E-state index is -0.614. The fraction of sp³-hybridized carbons (Fsp3) is 0.550. The van der Waals surface area contributed by atoms with Crippen molar-refractivity contribution < 1.29 is 14.6 Å². The zero-order chi connectivity index (χ0) is 17.4. The van der Waals surface area contributed by atoms with Crippen molar-refractivity contribution in [2.75, 3.05) is 25.5 Å². The molecule has 3 saturated heterocycles. The van der Waals surface area contributed by atoms with Crippen LogP contribution in [0.1, 0.15) is 25.3 Å². The highest BCUT2D eigenvalue weighted by Crippen LogP contribution is 2.67. The number of benzene rings is 1. The molecule has 5 aliphatic rings. The number of carbonyl (C=O) groups excluding carboxylic acids is 1. The number of allylic oxidation sites excluding steroid dienone is 1. The average Bonchev–Trinajstić information content (AvgIpc) is 3.03. The summed E-state index contributed by atoms with van der Waals surface area (Å²) in [7, 11) is 1.48. The summed E-state index contributed by atoms with van der Waals surface area (Å²) in [5.41, 5.74) is 2.40. The normalized spacial score (nSPS) is 44.8. The lowest BCUT2D eigenvalue weighted by Gasteiger charge is -2.53. The Labute approximate surface area is 147 Å². The van der Waals surface area contributed by atoms with Crippen LogP contribution in [-0.4, -0.2) is 47.9 Å². The van der Waals surface area contributed by atoms with E-state index in [4.69, 9.17) is 4.74 Å². The van der Waals surface area contributed by atoms with Crippen LogP contribution in [0.5, 0.6) is 0 Å². The molecule has 5 heteroatoms. The van der Waals surface area contributed by atoms with Crippen molar-refractivity contribution in [2.24, 2.45) is 11.8 Å². The molecule has 6 rings (SSSR count). The number of aliphatic hydroxyl groups is 1. The SMILES string of the molecule is C/C=C1/CN2CCC34c5ccccc5N[C@@]23[C@H](O)C[C@H]1C4C(=O)OC. The van der Waals surface area contributed by atoms with Gasteiger partial charge in [0, 0.05) is 18.8 Å². The summed E-state index contributed by atoms with van der Waals surface area (Å²) in [4.78, 5) is 15.4. The van der Waals surface area contributed by atoms with E-state index in [1.165, 1.54) is 12.7 Å². The van der Waals surface area contributed by atoms with Crippen molar-refractivity contribution in [1.82, 2.24) is 4.90 Å². The van der Waals surface area contributed by atoms with E-state index < -0.39 is 17.2 Å². The summed E-state index contributed by atoms with van der Waals surface area (Å²) in [5, 5.41) is 15.0.